The third-order valence-corrected chi connectivity index (χ3v) is 5.33. The lowest BCUT2D eigenvalue weighted by Gasteiger charge is -2.29. The molecule has 0 fully saturated rings. The molecule has 0 saturated heterocycles. The first-order valence-corrected chi connectivity index (χ1v) is 11.8. The van der Waals surface area contributed by atoms with E-state index in [1.807, 2.05) is 0 Å². The molecule has 0 rings (SSSR count). The second-order valence-electron chi connectivity index (χ2n) is 8.05. The Bertz CT molecular complexity index is 371. The molecule has 28 heavy (non-hydrogen) atoms. The molecule has 0 radical (unpaired) electrons. The van der Waals surface area contributed by atoms with Crippen LogP contribution in [0.3, 0.4) is 0 Å². The van der Waals surface area contributed by atoms with Gasteiger partial charge in [0, 0.05) is 25.7 Å². The molecule has 5 N–H and O–H groups in total. The van der Waals surface area contributed by atoms with Crippen LogP contribution in [0.1, 0.15) is 90.9 Å². The molecule has 2 unspecified atom stereocenters. The van der Waals surface area contributed by atoms with Crippen LogP contribution in [0.25, 0.3) is 0 Å². The number of nitrogens with two attached hydrogens (primary N) is 2. The quantitative estimate of drug-likeness (QED) is 0.205. The van der Waals surface area contributed by atoms with Gasteiger partial charge < -0.3 is 16.6 Å². The molecular weight excluding hydrogens is 346 g/mol. The van der Waals surface area contributed by atoms with Crippen LogP contribution in [-0.4, -0.2) is 48.3 Å². The van der Waals surface area contributed by atoms with E-state index in [-0.39, 0.29) is 0 Å². The van der Waals surface area contributed by atoms with Crippen molar-refractivity contribution in [2.45, 2.75) is 103 Å². The van der Waals surface area contributed by atoms with Gasteiger partial charge in [-0.3, -0.25) is 4.90 Å². The molecule has 0 heterocycles. The zero-order valence-corrected chi connectivity index (χ0v) is 18.8. The number of hydrogen-bond donors (Lipinski definition) is 3. The molecule has 0 aromatic rings. The average Bonchev–Trinajstić information content (AvgIpc) is 2.71. The predicted octanol–water partition coefficient (Wildman–Crippen LogP) is 4.77. The Balaban J connectivity index is 3.56. The maximum absolute atomic E-state index is 9.79. The van der Waals surface area contributed by atoms with E-state index in [2.05, 4.69) is 43.1 Å². The number of unbranched alkanes of at least 4 members (excludes halogenated alkanes) is 9. The summed E-state index contributed by atoms with van der Waals surface area (Å²) in [6.45, 7) is 6.95. The molecule has 0 aliphatic rings. The van der Waals surface area contributed by atoms with Gasteiger partial charge >= 0.3 is 0 Å². The third kappa shape index (κ3) is 17.4. The van der Waals surface area contributed by atoms with Crippen LogP contribution in [0, 0.1) is 0 Å². The molecule has 4 heteroatoms. The van der Waals surface area contributed by atoms with Gasteiger partial charge in [0.05, 0.1) is 6.10 Å². The predicted molar refractivity (Wildman–Crippen MR) is 125 cm³/mol. The van der Waals surface area contributed by atoms with Gasteiger partial charge in [-0.25, -0.2) is 0 Å². The molecule has 0 bridgehead atoms. The number of hydrogen-bond acceptors (Lipinski definition) is 4. The van der Waals surface area contributed by atoms with E-state index < -0.39 is 6.10 Å². The zero-order chi connectivity index (χ0) is 20.9. The summed E-state index contributed by atoms with van der Waals surface area (Å²) in [5.41, 5.74) is 11.3. The van der Waals surface area contributed by atoms with Crippen LogP contribution in [0.2, 0.25) is 0 Å². The molecule has 0 aliphatic carbocycles. The van der Waals surface area contributed by atoms with E-state index in [0.717, 1.165) is 13.0 Å². The van der Waals surface area contributed by atoms with E-state index in [0.29, 0.717) is 25.7 Å². The van der Waals surface area contributed by atoms with Crippen molar-refractivity contribution >= 4 is 0 Å². The summed E-state index contributed by atoms with van der Waals surface area (Å²) in [7, 11) is 0. The van der Waals surface area contributed by atoms with Crippen LogP contribution in [0.15, 0.2) is 24.3 Å². The van der Waals surface area contributed by atoms with Crippen LogP contribution in [0.4, 0.5) is 0 Å². The first-order valence-electron chi connectivity index (χ1n) is 11.8. The lowest BCUT2D eigenvalue weighted by molar-refractivity contribution is 0.0967. The first kappa shape index (κ1) is 27.3. The Morgan fingerprint density at radius 1 is 0.786 bits per heavy atom. The van der Waals surface area contributed by atoms with Gasteiger partial charge in [-0.05, 0) is 52.0 Å². The highest BCUT2D eigenvalue weighted by Crippen LogP contribution is 2.10. The normalized spacial score (nSPS) is 14.5. The second kappa shape index (κ2) is 21.0. The second-order valence-corrected chi connectivity index (χ2v) is 8.05. The molecule has 0 aromatic heterocycles. The zero-order valence-electron chi connectivity index (χ0n) is 18.8. The van der Waals surface area contributed by atoms with Gasteiger partial charge in [0.2, 0.25) is 0 Å². The average molecular weight is 396 g/mol. The minimum Gasteiger partial charge on any atom is -0.390 e. The maximum atomic E-state index is 9.79. The molecule has 0 aliphatic heterocycles. The molecule has 0 amide bonds. The van der Waals surface area contributed by atoms with Crippen molar-refractivity contribution in [2.24, 2.45) is 11.5 Å². The summed E-state index contributed by atoms with van der Waals surface area (Å²) >= 11 is 0. The summed E-state index contributed by atoms with van der Waals surface area (Å²) < 4.78 is 0. The van der Waals surface area contributed by atoms with Gasteiger partial charge in [0.1, 0.15) is 0 Å². The van der Waals surface area contributed by atoms with Gasteiger partial charge in [0.25, 0.3) is 0 Å². The molecule has 166 valence electrons. The lowest BCUT2D eigenvalue weighted by Crippen LogP contribution is -2.45. The summed E-state index contributed by atoms with van der Waals surface area (Å²) in [5, 5.41) is 9.79. The number of aliphatic hydroxyl groups excluding tert-OH is 1. The Kier molecular flexibility index (Phi) is 20.5. The summed E-state index contributed by atoms with van der Waals surface area (Å²) in [6.07, 6.45) is 24.0. The van der Waals surface area contributed by atoms with E-state index in [9.17, 15) is 5.11 Å². The fraction of sp³-hybridized carbons (Fsp3) is 0.833. The van der Waals surface area contributed by atoms with Crippen LogP contribution >= 0.6 is 0 Å². The molecule has 2 atom stereocenters. The molecule has 0 aromatic carbocycles. The minimum atomic E-state index is -0.446. The van der Waals surface area contributed by atoms with Crippen molar-refractivity contribution in [3.05, 3.63) is 24.3 Å². The van der Waals surface area contributed by atoms with Crippen LogP contribution < -0.4 is 11.5 Å². The Morgan fingerprint density at radius 2 is 1.36 bits per heavy atom. The number of allylic oxidation sites excluding steroid dienone is 4. The fourth-order valence-electron chi connectivity index (χ4n) is 3.29. The maximum Gasteiger partial charge on any atom is 0.0789 e. The van der Waals surface area contributed by atoms with Crippen molar-refractivity contribution in [2.75, 3.05) is 26.2 Å². The lowest BCUT2D eigenvalue weighted by atomic mass is 10.1. The molecule has 4 nitrogen and oxygen atoms in total. The molecule has 0 saturated carbocycles. The van der Waals surface area contributed by atoms with Gasteiger partial charge in [0.15, 0.2) is 0 Å². The first-order chi connectivity index (χ1) is 13.7. The van der Waals surface area contributed by atoms with Crippen LogP contribution in [-0.2, 0) is 0 Å². The van der Waals surface area contributed by atoms with E-state index in [4.69, 9.17) is 11.5 Å². The van der Waals surface area contributed by atoms with Gasteiger partial charge in [-0.2, -0.15) is 0 Å². The van der Waals surface area contributed by atoms with Crippen molar-refractivity contribution < 1.29 is 5.11 Å². The van der Waals surface area contributed by atoms with E-state index >= 15 is 0 Å². The largest absolute Gasteiger partial charge is 0.390 e. The van der Waals surface area contributed by atoms with Gasteiger partial charge in [-0.1, -0.05) is 69.8 Å². The SMILES string of the molecule is CCCCC/C=C\C/C=C\CCCCCCCCN(CC(O)CN)C(C)CN. The Hall–Kier alpha value is -0.680. The third-order valence-electron chi connectivity index (χ3n) is 5.33. The highest BCUT2D eigenvalue weighted by Gasteiger charge is 2.15. The summed E-state index contributed by atoms with van der Waals surface area (Å²) in [5.74, 6) is 0. The van der Waals surface area contributed by atoms with Crippen molar-refractivity contribution in [3.8, 4) is 0 Å². The van der Waals surface area contributed by atoms with Gasteiger partial charge in [-0.15, -0.1) is 0 Å². The minimum absolute atomic E-state index is 0.305. The summed E-state index contributed by atoms with van der Waals surface area (Å²) in [4.78, 5) is 2.28. The summed E-state index contributed by atoms with van der Waals surface area (Å²) in [6, 6.07) is 0.305. The van der Waals surface area contributed by atoms with Crippen molar-refractivity contribution in [1.29, 1.82) is 0 Å². The topological polar surface area (TPSA) is 75.5 Å². The molecular formula is C24H49N3O. The smallest absolute Gasteiger partial charge is 0.0789 e. The monoisotopic (exact) mass is 395 g/mol. The Morgan fingerprint density at radius 3 is 1.93 bits per heavy atom. The number of rotatable bonds is 20. The van der Waals surface area contributed by atoms with Crippen molar-refractivity contribution in [1.82, 2.24) is 4.90 Å². The highest BCUT2D eigenvalue weighted by molar-refractivity contribution is 4.92. The highest BCUT2D eigenvalue weighted by atomic mass is 16.3. The van der Waals surface area contributed by atoms with E-state index in [1.165, 1.54) is 70.6 Å². The van der Waals surface area contributed by atoms with Crippen LogP contribution in [0.5, 0.6) is 0 Å². The van der Waals surface area contributed by atoms with E-state index in [1.54, 1.807) is 0 Å². The molecule has 0 spiro atoms. The number of aliphatic hydroxyl groups is 1. The Labute approximate surface area is 175 Å². The standard InChI is InChI=1S/C24H49N3O/c1-3-4-5-6-7-8-9-10-11-12-13-14-15-16-17-18-19-27(23(2)20-25)22-24(28)21-26/h7-8,10-11,23-24,28H,3-6,9,12-22,25-26H2,1-2H3/b8-7-,11-10-. The fourth-order valence-corrected chi connectivity index (χ4v) is 3.29. The number of nitrogens with zero attached hydrogens (tertiary/aromatic N) is 1. The van der Waals surface area contributed by atoms with Crippen molar-refractivity contribution in [3.63, 3.8) is 0 Å².